The number of carbonyl (C=O) groups is 1. The average molecular weight is 356 g/mol. The fraction of sp³-hybridized carbons (Fsp3) is 0.250. The lowest BCUT2D eigenvalue weighted by atomic mass is 10.1. The second-order valence-electron chi connectivity index (χ2n) is 6.25. The second kappa shape index (κ2) is 7.72. The van der Waals surface area contributed by atoms with E-state index in [1.807, 2.05) is 36.4 Å². The third-order valence-electron chi connectivity index (χ3n) is 4.27. The van der Waals surface area contributed by atoms with Gasteiger partial charge in [-0.1, -0.05) is 48.9 Å². The van der Waals surface area contributed by atoms with E-state index in [9.17, 15) is 4.79 Å². The van der Waals surface area contributed by atoms with Crippen LogP contribution in [0.4, 0.5) is 0 Å². The molecule has 0 fully saturated rings. The van der Waals surface area contributed by atoms with Crippen LogP contribution >= 0.6 is 11.6 Å². The Bertz CT molecular complexity index is 888. The Labute approximate surface area is 152 Å². The van der Waals surface area contributed by atoms with Gasteiger partial charge in [-0.05, 0) is 42.9 Å². The van der Waals surface area contributed by atoms with Gasteiger partial charge in [0.05, 0.1) is 0 Å². The summed E-state index contributed by atoms with van der Waals surface area (Å²) in [7, 11) is 2.09. The number of fused-ring (bicyclic) bond motifs is 1. The van der Waals surface area contributed by atoms with Crippen molar-refractivity contribution in [2.24, 2.45) is 0 Å². The molecule has 0 radical (unpaired) electrons. The lowest BCUT2D eigenvalue weighted by Gasteiger charge is -2.14. The molecule has 1 aromatic heterocycles. The molecule has 0 saturated carbocycles. The molecule has 1 amide bonds. The van der Waals surface area contributed by atoms with Crippen LogP contribution in [0.3, 0.4) is 0 Å². The Kier molecular flexibility index (Phi) is 5.41. The van der Waals surface area contributed by atoms with Crippen molar-refractivity contribution in [3.8, 4) is 0 Å². The molecule has 4 nitrogen and oxygen atoms in total. The fourth-order valence-electron chi connectivity index (χ4n) is 2.76. The minimum Gasteiger partial charge on any atom is -0.350 e. The summed E-state index contributed by atoms with van der Waals surface area (Å²) in [5, 5.41) is 4.59. The Morgan fingerprint density at radius 3 is 2.76 bits per heavy atom. The Morgan fingerprint density at radius 1 is 1.16 bits per heavy atom. The third kappa shape index (κ3) is 4.41. The maximum absolute atomic E-state index is 12.4. The summed E-state index contributed by atoms with van der Waals surface area (Å²) in [6.07, 6.45) is 0. The van der Waals surface area contributed by atoms with Gasteiger partial charge in [0.15, 0.2) is 0 Å². The number of H-pyrrole nitrogens is 1. The highest BCUT2D eigenvalue weighted by Crippen LogP contribution is 2.20. The Balaban J connectivity index is 1.66. The number of aromatic amines is 1. The van der Waals surface area contributed by atoms with Gasteiger partial charge in [0.2, 0.25) is 0 Å². The summed E-state index contributed by atoms with van der Waals surface area (Å²) in [5.41, 5.74) is 3.74. The van der Waals surface area contributed by atoms with E-state index in [-0.39, 0.29) is 5.91 Å². The van der Waals surface area contributed by atoms with Crippen molar-refractivity contribution in [3.05, 3.63) is 70.4 Å². The number of halogens is 1. The Morgan fingerprint density at radius 2 is 1.96 bits per heavy atom. The number of rotatable bonds is 6. The predicted octanol–water partition coefficient (Wildman–Crippen LogP) is 4.20. The van der Waals surface area contributed by atoms with Crippen molar-refractivity contribution in [1.29, 1.82) is 0 Å². The van der Waals surface area contributed by atoms with Gasteiger partial charge in [-0.2, -0.15) is 0 Å². The van der Waals surface area contributed by atoms with Crippen LogP contribution < -0.4 is 5.32 Å². The van der Waals surface area contributed by atoms with Crippen molar-refractivity contribution in [3.63, 3.8) is 0 Å². The summed E-state index contributed by atoms with van der Waals surface area (Å²) in [5.74, 6) is -0.122. The van der Waals surface area contributed by atoms with Crippen molar-refractivity contribution in [2.75, 3.05) is 13.6 Å². The predicted molar refractivity (Wildman–Crippen MR) is 103 cm³/mol. The second-order valence-corrected chi connectivity index (χ2v) is 6.68. The van der Waals surface area contributed by atoms with E-state index < -0.39 is 0 Å². The highest BCUT2D eigenvalue weighted by molar-refractivity contribution is 6.31. The highest BCUT2D eigenvalue weighted by atomic mass is 35.5. The molecule has 3 aromatic rings. The van der Waals surface area contributed by atoms with Gasteiger partial charge in [-0.15, -0.1) is 0 Å². The van der Waals surface area contributed by atoms with Crippen LogP contribution in [0.25, 0.3) is 10.9 Å². The molecule has 0 spiro atoms. The molecular formula is C20H22ClN3O. The molecule has 25 heavy (non-hydrogen) atoms. The molecule has 0 unspecified atom stereocenters. The van der Waals surface area contributed by atoms with E-state index in [1.54, 1.807) is 0 Å². The zero-order chi connectivity index (χ0) is 17.8. The fourth-order valence-corrected chi connectivity index (χ4v) is 2.93. The molecule has 0 saturated heterocycles. The van der Waals surface area contributed by atoms with Gasteiger partial charge in [0.25, 0.3) is 5.91 Å². The molecular weight excluding hydrogens is 334 g/mol. The lowest BCUT2D eigenvalue weighted by Crippen LogP contribution is -2.23. The first-order chi connectivity index (χ1) is 12.0. The van der Waals surface area contributed by atoms with Crippen LogP contribution in [0, 0.1) is 0 Å². The van der Waals surface area contributed by atoms with Crippen LogP contribution in [0.15, 0.2) is 48.5 Å². The van der Waals surface area contributed by atoms with Crippen LogP contribution in [0.1, 0.15) is 28.5 Å². The highest BCUT2D eigenvalue weighted by Gasteiger charge is 2.10. The number of hydrogen-bond acceptors (Lipinski definition) is 2. The molecule has 0 aliphatic rings. The summed E-state index contributed by atoms with van der Waals surface area (Å²) in [4.78, 5) is 17.8. The molecule has 0 aliphatic heterocycles. The van der Waals surface area contributed by atoms with Gasteiger partial charge < -0.3 is 15.2 Å². The molecule has 0 bridgehead atoms. The molecule has 2 N–H and O–H groups in total. The third-order valence-corrected chi connectivity index (χ3v) is 4.50. The minimum absolute atomic E-state index is 0.122. The van der Waals surface area contributed by atoms with Gasteiger partial charge in [-0.3, -0.25) is 4.79 Å². The number of amides is 1. The van der Waals surface area contributed by atoms with Gasteiger partial charge in [0.1, 0.15) is 5.69 Å². The van der Waals surface area contributed by atoms with Gasteiger partial charge >= 0.3 is 0 Å². The van der Waals surface area contributed by atoms with Gasteiger partial charge in [0, 0.05) is 29.0 Å². The van der Waals surface area contributed by atoms with E-state index in [2.05, 4.69) is 41.3 Å². The van der Waals surface area contributed by atoms with Crippen molar-refractivity contribution in [2.45, 2.75) is 20.0 Å². The van der Waals surface area contributed by atoms with E-state index >= 15 is 0 Å². The molecule has 130 valence electrons. The number of nitrogens with one attached hydrogen (secondary N) is 2. The molecule has 0 atom stereocenters. The number of carbonyl (C=O) groups excluding carboxylic acids is 1. The summed E-state index contributed by atoms with van der Waals surface area (Å²) < 4.78 is 0. The first-order valence-electron chi connectivity index (χ1n) is 8.38. The maximum Gasteiger partial charge on any atom is 0.267 e. The molecule has 3 rings (SSSR count). The summed E-state index contributed by atoms with van der Waals surface area (Å²) in [6.45, 7) is 4.54. The first-order valence-corrected chi connectivity index (χ1v) is 8.76. The monoisotopic (exact) mass is 355 g/mol. The Hall–Kier alpha value is -2.30. The van der Waals surface area contributed by atoms with Crippen LogP contribution in [-0.4, -0.2) is 29.4 Å². The van der Waals surface area contributed by atoms with Gasteiger partial charge in [-0.25, -0.2) is 0 Å². The quantitative estimate of drug-likeness (QED) is 0.696. The lowest BCUT2D eigenvalue weighted by molar-refractivity contribution is 0.0946. The summed E-state index contributed by atoms with van der Waals surface area (Å²) in [6, 6.07) is 15.7. The maximum atomic E-state index is 12.4. The SMILES string of the molecule is CCN(C)Cc1cccc(CNC(=O)c2cc3ccc(Cl)cc3[nH]2)c1. The first kappa shape index (κ1) is 17.5. The van der Waals surface area contributed by atoms with Crippen molar-refractivity contribution < 1.29 is 4.79 Å². The van der Waals surface area contributed by atoms with Crippen LogP contribution in [0.5, 0.6) is 0 Å². The van der Waals surface area contributed by atoms with Crippen molar-refractivity contribution in [1.82, 2.24) is 15.2 Å². The van der Waals surface area contributed by atoms with Crippen LogP contribution in [-0.2, 0) is 13.1 Å². The number of aromatic nitrogens is 1. The molecule has 1 heterocycles. The van der Waals surface area contributed by atoms with E-state index in [1.165, 1.54) is 5.56 Å². The standard InChI is InChI=1S/C20H22ClN3O/c1-3-24(2)13-15-6-4-5-14(9-15)12-22-20(25)19-10-16-7-8-17(21)11-18(16)23-19/h4-11,23H,3,12-13H2,1-2H3,(H,22,25). The largest absolute Gasteiger partial charge is 0.350 e. The zero-order valence-corrected chi connectivity index (χ0v) is 15.2. The minimum atomic E-state index is -0.122. The van der Waals surface area contributed by atoms with E-state index in [4.69, 9.17) is 11.6 Å². The van der Waals surface area contributed by atoms with Crippen LogP contribution in [0.2, 0.25) is 5.02 Å². The zero-order valence-electron chi connectivity index (χ0n) is 14.5. The van der Waals surface area contributed by atoms with Crippen molar-refractivity contribution >= 4 is 28.4 Å². The molecule has 0 aliphatic carbocycles. The number of benzene rings is 2. The topological polar surface area (TPSA) is 48.1 Å². The van der Waals surface area contributed by atoms with E-state index in [0.717, 1.165) is 29.6 Å². The number of nitrogens with zero attached hydrogens (tertiary/aromatic N) is 1. The molecule has 2 aromatic carbocycles. The molecule has 5 heteroatoms. The van der Waals surface area contributed by atoms with E-state index in [0.29, 0.717) is 17.3 Å². The summed E-state index contributed by atoms with van der Waals surface area (Å²) >= 11 is 5.99. The normalized spacial score (nSPS) is 11.2. The average Bonchev–Trinajstić information content (AvgIpc) is 3.03. The number of hydrogen-bond donors (Lipinski definition) is 2. The smallest absolute Gasteiger partial charge is 0.267 e.